The average Bonchev–Trinajstić information content (AvgIpc) is 2.13. The monoisotopic (exact) mass is 191 g/mol. The van der Waals surface area contributed by atoms with E-state index < -0.39 is 9.28 Å². The van der Waals surface area contributed by atoms with Gasteiger partial charge in [0.05, 0.1) is 0 Å². The Labute approximate surface area is 77.5 Å². The van der Waals surface area contributed by atoms with Crippen LogP contribution in [0.15, 0.2) is 0 Å². The minimum absolute atomic E-state index is 1.08. The van der Waals surface area contributed by atoms with Crippen molar-refractivity contribution in [1.29, 1.82) is 0 Å². The maximum atomic E-state index is 5.23. The molecule has 0 unspecified atom stereocenters. The van der Waals surface area contributed by atoms with Crippen LogP contribution in [0.25, 0.3) is 0 Å². The molecule has 0 bridgehead atoms. The van der Waals surface area contributed by atoms with Crippen molar-refractivity contribution in [3.63, 3.8) is 0 Å². The Morgan fingerprint density at radius 3 is 1.92 bits per heavy atom. The van der Waals surface area contributed by atoms with Crippen LogP contribution >= 0.6 is 0 Å². The number of hydrogen-bond acceptors (Lipinski definition) is 3. The van der Waals surface area contributed by atoms with Crippen molar-refractivity contribution in [3.05, 3.63) is 0 Å². The van der Waals surface area contributed by atoms with Gasteiger partial charge in [0.15, 0.2) is 0 Å². The summed E-state index contributed by atoms with van der Waals surface area (Å²) < 4.78 is 10.5. The summed E-state index contributed by atoms with van der Waals surface area (Å²) in [7, 11) is 2.16. The topological polar surface area (TPSA) is 21.7 Å². The van der Waals surface area contributed by atoms with Gasteiger partial charge < -0.3 is 13.8 Å². The maximum Gasteiger partial charge on any atom is 0.322 e. The number of nitrogens with zero attached hydrogens (tertiary/aromatic N) is 1. The predicted molar refractivity (Wildman–Crippen MR) is 53.8 cm³/mol. The van der Waals surface area contributed by atoms with Crippen LogP contribution in [0.3, 0.4) is 0 Å². The third-order valence-electron chi connectivity index (χ3n) is 2.10. The fraction of sp³-hybridized carbons (Fsp3) is 1.00. The molecule has 0 rings (SSSR count). The van der Waals surface area contributed by atoms with E-state index >= 15 is 0 Å². The lowest BCUT2D eigenvalue weighted by atomic mass is 10.5. The van der Waals surface area contributed by atoms with Gasteiger partial charge in [-0.1, -0.05) is 13.8 Å². The first-order valence-electron chi connectivity index (χ1n) is 4.56. The van der Waals surface area contributed by atoms with Crippen molar-refractivity contribution in [2.75, 3.05) is 33.9 Å². The molecule has 0 fully saturated rings. The Morgan fingerprint density at radius 2 is 1.58 bits per heavy atom. The smallest absolute Gasteiger partial charge is 0.322 e. The zero-order chi connectivity index (χ0) is 9.40. The molecule has 0 spiro atoms. The summed E-state index contributed by atoms with van der Waals surface area (Å²) in [4.78, 5) is 2.39. The Hall–Kier alpha value is 0.0969. The third-order valence-corrected chi connectivity index (χ3v) is 3.88. The first-order valence-corrected chi connectivity index (χ1v) is 6.32. The van der Waals surface area contributed by atoms with Crippen LogP contribution in [-0.2, 0) is 8.85 Å². The highest BCUT2D eigenvalue weighted by Gasteiger charge is 2.10. The fourth-order valence-electron chi connectivity index (χ4n) is 1.16. The van der Waals surface area contributed by atoms with E-state index in [4.69, 9.17) is 8.85 Å². The van der Waals surface area contributed by atoms with E-state index in [-0.39, 0.29) is 0 Å². The highest BCUT2D eigenvalue weighted by molar-refractivity contribution is 6.44. The highest BCUT2D eigenvalue weighted by Crippen LogP contribution is 1.97. The van der Waals surface area contributed by atoms with Crippen LogP contribution in [0.5, 0.6) is 0 Å². The molecule has 0 aliphatic heterocycles. The molecule has 0 aromatic carbocycles. The standard InChI is InChI=1S/C8H21NO2Si/c1-5-9(6-2)7-8-12(10-3)11-4/h12H,5-8H2,1-4H3. The molecule has 0 saturated carbocycles. The summed E-state index contributed by atoms with van der Waals surface area (Å²) in [6, 6.07) is 1.08. The van der Waals surface area contributed by atoms with E-state index in [1.807, 2.05) is 0 Å². The van der Waals surface area contributed by atoms with E-state index in [1.165, 1.54) is 0 Å². The van der Waals surface area contributed by atoms with Gasteiger partial charge in [0.1, 0.15) is 0 Å². The van der Waals surface area contributed by atoms with Crippen molar-refractivity contribution in [1.82, 2.24) is 4.90 Å². The molecule has 0 aliphatic rings. The van der Waals surface area contributed by atoms with Crippen molar-refractivity contribution < 1.29 is 8.85 Å². The maximum absolute atomic E-state index is 5.23. The Kier molecular flexibility index (Phi) is 7.79. The normalized spacial score (nSPS) is 11.5. The molecular formula is C8H21NO2Si. The molecule has 0 saturated heterocycles. The second-order valence-corrected chi connectivity index (χ2v) is 5.10. The van der Waals surface area contributed by atoms with Crippen LogP contribution in [0.2, 0.25) is 6.04 Å². The van der Waals surface area contributed by atoms with Crippen LogP contribution < -0.4 is 0 Å². The van der Waals surface area contributed by atoms with Crippen LogP contribution in [-0.4, -0.2) is 48.0 Å². The zero-order valence-electron chi connectivity index (χ0n) is 8.67. The quantitative estimate of drug-likeness (QED) is 0.557. The molecule has 12 heavy (non-hydrogen) atoms. The molecule has 4 heteroatoms. The average molecular weight is 191 g/mol. The second kappa shape index (κ2) is 7.73. The SMILES string of the molecule is CCN(CC)CC[SiH](OC)OC. The lowest BCUT2D eigenvalue weighted by molar-refractivity contribution is 0.259. The molecule has 3 nitrogen and oxygen atoms in total. The van der Waals surface area contributed by atoms with Gasteiger partial charge in [-0.05, 0) is 19.6 Å². The van der Waals surface area contributed by atoms with Gasteiger partial charge in [0, 0.05) is 20.3 Å². The molecule has 74 valence electrons. The van der Waals surface area contributed by atoms with Gasteiger partial charge in [0.2, 0.25) is 0 Å². The predicted octanol–water partition coefficient (Wildman–Crippen LogP) is 0.841. The minimum atomic E-state index is -1.32. The van der Waals surface area contributed by atoms with Crippen LogP contribution in [0.1, 0.15) is 13.8 Å². The van der Waals surface area contributed by atoms with E-state index in [0.717, 1.165) is 25.7 Å². The fourth-order valence-corrected chi connectivity index (χ4v) is 2.40. The molecular weight excluding hydrogens is 170 g/mol. The van der Waals surface area contributed by atoms with E-state index in [2.05, 4.69) is 18.7 Å². The van der Waals surface area contributed by atoms with E-state index in [0.29, 0.717) is 0 Å². The minimum Gasteiger partial charge on any atom is -0.400 e. The number of rotatable bonds is 7. The largest absolute Gasteiger partial charge is 0.400 e. The lowest BCUT2D eigenvalue weighted by Gasteiger charge is -2.19. The van der Waals surface area contributed by atoms with Crippen molar-refractivity contribution in [2.24, 2.45) is 0 Å². The summed E-state index contributed by atoms with van der Waals surface area (Å²) in [5.74, 6) is 0. The van der Waals surface area contributed by atoms with Gasteiger partial charge in [-0.3, -0.25) is 0 Å². The summed E-state index contributed by atoms with van der Waals surface area (Å²) in [6.07, 6.45) is 0. The first kappa shape index (κ1) is 12.1. The Morgan fingerprint density at radius 1 is 1.08 bits per heavy atom. The lowest BCUT2D eigenvalue weighted by Crippen LogP contribution is -2.29. The first-order chi connectivity index (χ1) is 5.78. The second-order valence-electron chi connectivity index (χ2n) is 2.72. The Bertz CT molecular complexity index is 83.1. The summed E-state index contributed by atoms with van der Waals surface area (Å²) >= 11 is 0. The summed E-state index contributed by atoms with van der Waals surface area (Å²) in [6.45, 7) is 7.70. The molecule has 0 amide bonds. The molecule has 0 aromatic rings. The van der Waals surface area contributed by atoms with E-state index in [9.17, 15) is 0 Å². The van der Waals surface area contributed by atoms with Crippen LogP contribution in [0.4, 0.5) is 0 Å². The summed E-state index contributed by atoms with van der Waals surface area (Å²) in [5, 5.41) is 0. The third kappa shape index (κ3) is 4.87. The van der Waals surface area contributed by atoms with Gasteiger partial charge in [-0.25, -0.2) is 0 Å². The van der Waals surface area contributed by atoms with Gasteiger partial charge in [-0.2, -0.15) is 0 Å². The summed E-state index contributed by atoms with van der Waals surface area (Å²) in [5.41, 5.74) is 0. The van der Waals surface area contributed by atoms with Gasteiger partial charge in [-0.15, -0.1) is 0 Å². The van der Waals surface area contributed by atoms with E-state index in [1.54, 1.807) is 14.2 Å². The molecule has 0 N–H and O–H groups in total. The molecule has 0 heterocycles. The molecule has 0 aromatic heterocycles. The highest BCUT2D eigenvalue weighted by atomic mass is 28.3. The van der Waals surface area contributed by atoms with Crippen molar-refractivity contribution >= 4 is 9.28 Å². The van der Waals surface area contributed by atoms with Crippen molar-refractivity contribution in [2.45, 2.75) is 19.9 Å². The molecule has 0 aliphatic carbocycles. The van der Waals surface area contributed by atoms with Crippen molar-refractivity contribution in [3.8, 4) is 0 Å². The zero-order valence-corrected chi connectivity index (χ0v) is 9.82. The molecule has 0 atom stereocenters. The molecule has 0 radical (unpaired) electrons. The van der Waals surface area contributed by atoms with Gasteiger partial charge >= 0.3 is 9.28 Å². The Balaban J connectivity index is 3.49. The van der Waals surface area contributed by atoms with Crippen LogP contribution in [0, 0.1) is 0 Å². The van der Waals surface area contributed by atoms with Gasteiger partial charge in [0.25, 0.3) is 0 Å². The number of hydrogen-bond donors (Lipinski definition) is 0.